The quantitative estimate of drug-likeness (QED) is 0.249. The van der Waals surface area contributed by atoms with Gasteiger partial charge >= 0.3 is 0 Å². The number of hydrogen-bond acceptors (Lipinski definition) is 0. The van der Waals surface area contributed by atoms with Crippen molar-refractivity contribution in [1.82, 2.24) is 9.13 Å². The fourth-order valence-corrected chi connectivity index (χ4v) is 5.61. The van der Waals surface area contributed by atoms with Gasteiger partial charge in [-0.05, 0) is 80.4 Å². The molecule has 0 amide bonds. The summed E-state index contributed by atoms with van der Waals surface area (Å²) in [5, 5.41) is 5.15. The van der Waals surface area contributed by atoms with E-state index in [1.165, 1.54) is 71.7 Å². The molecule has 5 aromatic carbocycles. The van der Waals surface area contributed by atoms with E-state index in [4.69, 9.17) is 0 Å². The van der Waals surface area contributed by atoms with Crippen LogP contribution in [0.3, 0.4) is 0 Å². The Morgan fingerprint density at radius 3 is 1.71 bits per heavy atom. The van der Waals surface area contributed by atoms with E-state index in [2.05, 4.69) is 133 Å². The van der Waals surface area contributed by atoms with E-state index in [0.717, 1.165) is 0 Å². The summed E-state index contributed by atoms with van der Waals surface area (Å²) in [7, 11) is 0. The Labute approximate surface area is 204 Å². The highest BCUT2D eigenvalue weighted by Crippen LogP contribution is 2.37. The number of benzene rings is 5. The lowest BCUT2D eigenvalue weighted by molar-refractivity contribution is 1.14. The third-order valence-corrected chi connectivity index (χ3v) is 7.49. The van der Waals surface area contributed by atoms with Crippen molar-refractivity contribution >= 4 is 43.6 Å². The Morgan fingerprint density at radius 1 is 0.400 bits per heavy atom. The first-order valence-corrected chi connectivity index (χ1v) is 12.2. The number of aryl methyl sites for hydroxylation is 3. The zero-order chi connectivity index (χ0) is 23.7. The standard InChI is InChI=1S/C33H26N2/c1-21-12-17-32-29(18-21)27-9-5-7-11-31(27)34(32)25-15-16-28-26-8-4-6-10-30(26)35(33(28)20-25)24-14-13-22(2)23(3)19-24/h4-20H,1-3H3. The van der Waals surface area contributed by atoms with Crippen LogP contribution in [0, 0.1) is 20.8 Å². The normalized spacial score (nSPS) is 11.9. The first kappa shape index (κ1) is 20.1. The molecule has 2 nitrogen and oxygen atoms in total. The summed E-state index contributed by atoms with van der Waals surface area (Å²) in [6.07, 6.45) is 0. The van der Waals surface area contributed by atoms with Crippen LogP contribution in [-0.4, -0.2) is 9.13 Å². The average molecular weight is 451 g/mol. The third kappa shape index (κ3) is 2.90. The van der Waals surface area contributed by atoms with E-state index in [9.17, 15) is 0 Å². The van der Waals surface area contributed by atoms with Gasteiger partial charge < -0.3 is 9.13 Å². The van der Waals surface area contributed by atoms with E-state index < -0.39 is 0 Å². The topological polar surface area (TPSA) is 9.86 Å². The van der Waals surface area contributed by atoms with Gasteiger partial charge in [-0.15, -0.1) is 0 Å². The second kappa shape index (κ2) is 7.35. The molecule has 0 radical (unpaired) electrons. The van der Waals surface area contributed by atoms with Crippen LogP contribution < -0.4 is 0 Å². The van der Waals surface area contributed by atoms with Crippen molar-refractivity contribution in [1.29, 1.82) is 0 Å². The molecule has 0 saturated heterocycles. The lowest BCUT2D eigenvalue weighted by Gasteiger charge is -2.12. The average Bonchev–Trinajstić information content (AvgIpc) is 3.38. The number of hydrogen-bond donors (Lipinski definition) is 0. The number of rotatable bonds is 2. The minimum atomic E-state index is 1.18. The van der Waals surface area contributed by atoms with Crippen molar-refractivity contribution in [2.75, 3.05) is 0 Å². The smallest absolute Gasteiger partial charge is 0.0561 e. The summed E-state index contributed by atoms with van der Waals surface area (Å²) >= 11 is 0. The van der Waals surface area contributed by atoms with E-state index >= 15 is 0 Å². The summed E-state index contributed by atoms with van der Waals surface area (Å²) in [6.45, 7) is 6.53. The molecule has 0 bridgehead atoms. The Morgan fingerprint density at radius 2 is 0.971 bits per heavy atom. The van der Waals surface area contributed by atoms with E-state index in [0.29, 0.717) is 0 Å². The summed E-state index contributed by atoms with van der Waals surface area (Å²) in [4.78, 5) is 0. The molecule has 0 fully saturated rings. The number of aromatic nitrogens is 2. The van der Waals surface area contributed by atoms with Crippen molar-refractivity contribution in [3.05, 3.63) is 120 Å². The van der Waals surface area contributed by atoms with Crippen molar-refractivity contribution in [3.8, 4) is 11.4 Å². The molecule has 0 N–H and O–H groups in total. The van der Waals surface area contributed by atoms with Crippen molar-refractivity contribution in [2.45, 2.75) is 20.8 Å². The second-order valence-corrected chi connectivity index (χ2v) is 9.70. The van der Waals surface area contributed by atoms with Crippen LogP contribution in [0.25, 0.3) is 55.0 Å². The van der Waals surface area contributed by atoms with Crippen LogP contribution in [0.15, 0.2) is 103 Å². The molecule has 0 spiro atoms. The van der Waals surface area contributed by atoms with Gasteiger partial charge in [0.05, 0.1) is 22.1 Å². The molecule has 0 aliphatic rings. The van der Waals surface area contributed by atoms with E-state index in [-0.39, 0.29) is 0 Å². The largest absolute Gasteiger partial charge is 0.309 e. The first-order valence-electron chi connectivity index (χ1n) is 12.2. The maximum absolute atomic E-state index is 2.42. The zero-order valence-electron chi connectivity index (χ0n) is 20.2. The minimum Gasteiger partial charge on any atom is -0.309 e. The zero-order valence-corrected chi connectivity index (χ0v) is 20.2. The molecule has 7 rings (SSSR count). The Bertz CT molecular complexity index is 1930. The molecule has 0 atom stereocenters. The molecule has 2 aromatic heterocycles. The molecule has 7 aromatic rings. The maximum atomic E-state index is 2.42. The third-order valence-electron chi connectivity index (χ3n) is 7.49. The number of fused-ring (bicyclic) bond motifs is 6. The molecule has 0 aliphatic heterocycles. The monoisotopic (exact) mass is 450 g/mol. The lowest BCUT2D eigenvalue weighted by atomic mass is 10.1. The van der Waals surface area contributed by atoms with Crippen molar-refractivity contribution in [3.63, 3.8) is 0 Å². The highest BCUT2D eigenvalue weighted by Gasteiger charge is 2.16. The van der Waals surface area contributed by atoms with Gasteiger partial charge in [-0.25, -0.2) is 0 Å². The molecule has 0 saturated carbocycles. The van der Waals surface area contributed by atoms with Crippen LogP contribution >= 0.6 is 0 Å². The lowest BCUT2D eigenvalue weighted by Crippen LogP contribution is -1.97. The van der Waals surface area contributed by atoms with Gasteiger partial charge in [-0.3, -0.25) is 0 Å². The number of nitrogens with zero attached hydrogens (tertiary/aromatic N) is 2. The SMILES string of the molecule is Cc1ccc2c(c1)c1ccccc1n2-c1ccc2c3ccccc3n(-c3ccc(C)c(C)c3)c2c1. The van der Waals surface area contributed by atoms with E-state index in [1.54, 1.807) is 0 Å². The van der Waals surface area contributed by atoms with Crippen LogP contribution in [0.1, 0.15) is 16.7 Å². The second-order valence-electron chi connectivity index (χ2n) is 9.70. The highest BCUT2D eigenvalue weighted by atomic mass is 15.0. The van der Waals surface area contributed by atoms with Gasteiger partial charge in [-0.2, -0.15) is 0 Å². The highest BCUT2D eigenvalue weighted by molar-refractivity contribution is 6.12. The van der Waals surface area contributed by atoms with Gasteiger partial charge in [0.25, 0.3) is 0 Å². The first-order chi connectivity index (χ1) is 17.1. The molecular formula is C33H26N2. The van der Waals surface area contributed by atoms with Crippen molar-refractivity contribution < 1.29 is 0 Å². The predicted molar refractivity (Wildman–Crippen MR) is 149 cm³/mol. The predicted octanol–water partition coefficient (Wildman–Crippen LogP) is 8.81. The molecule has 35 heavy (non-hydrogen) atoms. The molecule has 168 valence electrons. The van der Waals surface area contributed by atoms with Crippen LogP contribution in [-0.2, 0) is 0 Å². The van der Waals surface area contributed by atoms with Crippen LogP contribution in [0.5, 0.6) is 0 Å². The fraction of sp³-hybridized carbons (Fsp3) is 0.0909. The molecule has 2 heteroatoms. The molecular weight excluding hydrogens is 424 g/mol. The van der Waals surface area contributed by atoms with E-state index in [1.807, 2.05) is 0 Å². The summed E-state index contributed by atoms with van der Waals surface area (Å²) in [5.74, 6) is 0. The van der Waals surface area contributed by atoms with Crippen molar-refractivity contribution in [2.24, 2.45) is 0 Å². The Balaban J connectivity index is 1.59. The molecule has 0 aliphatic carbocycles. The maximum Gasteiger partial charge on any atom is 0.0561 e. The molecule has 0 unspecified atom stereocenters. The summed E-state index contributed by atoms with van der Waals surface area (Å²) in [5.41, 5.74) is 11.2. The Hall–Kier alpha value is -4.30. The summed E-state index contributed by atoms with van der Waals surface area (Å²) < 4.78 is 4.82. The molecule has 2 heterocycles. The van der Waals surface area contributed by atoms with Gasteiger partial charge in [0.1, 0.15) is 0 Å². The van der Waals surface area contributed by atoms with Gasteiger partial charge in [-0.1, -0.05) is 60.2 Å². The number of para-hydroxylation sites is 2. The fourth-order valence-electron chi connectivity index (χ4n) is 5.61. The van der Waals surface area contributed by atoms with Crippen LogP contribution in [0.2, 0.25) is 0 Å². The summed E-state index contributed by atoms with van der Waals surface area (Å²) in [6, 6.07) is 37.9. The van der Waals surface area contributed by atoms with Gasteiger partial charge in [0.15, 0.2) is 0 Å². The van der Waals surface area contributed by atoms with Gasteiger partial charge in [0.2, 0.25) is 0 Å². The van der Waals surface area contributed by atoms with Gasteiger partial charge in [0, 0.05) is 32.9 Å². The van der Waals surface area contributed by atoms with Crippen LogP contribution in [0.4, 0.5) is 0 Å². The Kier molecular flexibility index (Phi) is 4.22. The minimum absolute atomic E-state index is 1.18.